The topological polar surface area (TPSA) is 96.9 Å². The Morgan fingerprint density at radius 2 is 2.06 bits per heavy atom. The predicted molar refractivity (Wildman–Crippen MR) is 61.1 cm³/mol. The number of nitrogens with zero attached hydrogens (tertiary/aromatic N) is 2. The summed E-state index contributed by atoms with van der Waals surface area (Å²) in [5.41, 5.74) is 1.51. The van der Waals surface area contributed by atoms with Crippen molar-refractivity contribution in [2.75, 3.05) is 5.32 Å². The lowest BCUT2D eigenvalue weighted by atomic mass is 10.1. The van der Waals surface area contributed by atoms with Gasteiger partial charge in [-0.3, -0.25) is 0 Å². The zero-order valence-corrected chi connectivity index (χ0v) is 9.06. The highest BCUT2D eigenvalue weighted by Gasteiger charge is 2.04. The Kier molecular flexibility index (Phi) is 3.86. The minimum absolute atomic E-state index is 0.0493. The second-order valence-corrected chi connectivity index (χ2v) is 3.26. The van der Waals surface area contributed by atoms with Crippen molar-refractivity contribution in [3.8, 4) is 12.1 Å². The molecular formula is C12H9N3O2. The summed E-state index contributed by atoms with van der Waals surface area (Å²) in [4.78, 5) is 10.7. The van der Waals surface area contributed by atoms with E-state index in [1.165, 1.54) is 18.3 Å². The minimum atomic E-state index is -0.995. The molecule has 0 aliphatic heterocycles. The van der Waals surface area contributed by atoms with Crippen molar-refractivity contribution < 1.29 is 9.90 Å². The monoisotopic (exact) mass is 227 g/mol. The average Bonchev–Trinajstić information content (AvgIpc) is 2.31. The average molecular weight is 227 g/mol. The van der Waals surface area contributed by atoms with Gasteiger partial charge in [0.2, 0.25) is 0 Å². The summed E-state index contributed by atoms with van der Waals surface area (Å²) in [6, 6.07) is 7.97. The van der Waals surface area contributed by atoms with Gasteiger partial charge < -0.3 is 10.4 Å². The molecule has 0 spiro atoms. The maximum Gasteiger partial charge on any atom is 0.335 e. The molecule has 5 heteroatoms. The predicted octanol–water partition coefficient (Wildman–Crippen LogP) is 2.04. The van der Waals surface area contributed by atoms with E-state index in [0.29, 0.717) is 5.69 Å². The lowest BCUT2D eigenvalue weighted by Crippen LogP contribution is -1.99. The van der Waals surface area contributed by atoms with Crippen LogP contribution in [0, 0.1) is 29.6 Å². The van der Waals surface area contributed by atoms with E-state index in [1.54, 1.807) is 25.1 Å². The number of aryl methyl sites for hydroxylation is 1. The molecule has 0 amide bonds. The zero-order chi connectivity index (χ0) is 12.8. The lowest BCUT2D eigenvalue weighted by molar-refractivity contribution is 0.0697. The SMILES string of the molecule is Cc1cc(C(=O)O)ccc1NC=C(C#N)C#N. The Hall–Kier alpha value is -2.79. The van der Waals surface area contributed by atoms with Gasteiger partial charge in [-0.2, -0.15) is 10.5 Å². The van der Waals surface area contributed by atoms with Crippen LogP contribution >= 0.6 is 0 Å². The second kappa shape index (κ2) is 5.34. The molecule has 1 rings (SSSR count). The molecule has 2 N–H and O–H groups in total. The maximum atomic E-state index is 10.7. The first kappa shape index (κ1) is 12.3. The van der Waals surface area contributed by atoms with Crippen LogP contribution < -0.4 is 5.32 Å². The van der Waals surface area contributed by atoms with Crippen LogP contribution in [0.4, 0.5) is 5.69 Å². The summed E-state index contributed by atoms with van der Waals surface area (Å²) in [6.07, 6.45) is 1.28. The van der Waals surface area contributed by atoms with Gasteiger partial charge in [0.1, 0.15) is 17.7 Å². The zero-order valence-electron chi connectivity index (χ0n) is 9.06. The number of carboxylic acid groups (broad SMARTS) is 1. The summed E-state index contributed by atoms with van der Waals surface area (Å²) in [5.74, 6) is -0.995. The van der Waals surface area contributed by atoms with Crippen molar-refractivity contribution in [1.29, 1.82) is 10.5 Å². The van der Waals surface area contributed by atoms with Crippen LogP contribution in [0.5, 0.6) is 0 Å². The van der Waals surface area contributed by atoms with Crippen molar-refractivity contribution in [2.24, 2.45) is 0 Å². The molecular weight excluding hydrogens is 218 g/mol. The Labute approximate surface area is 98.2 Å². The van der Waals surface area contributed by atoms with Gasteiger partial charge in [0.05, 0.1) is 5.56 Å². The number of aromatic carboxylic acids is 1. The molecule has 0 heterocycles. The smallest absolute Gasteiger partial charge is 0.335 e. The highest BCUT2D eigenvalue weighted by atomic mass is 16.4. The van der Waals surface area contributed by atoms with Gasteiger partial charge in [-0.1, -0.05) is 0 Å². The first-order chi connectivity index (χ1) is 8.08. The Bertz CT molecular complexity index is 546. The van der Waals surface area contributed by atoms with E-state index in [-0.39, 0.29) is 11.1 Å². The number of allylic oxidation sites excluding steroid dienone is 1. The summed E-state index contributed by atoms with van der Waals surface area (Å²) in [5, 5.41) is 28.6. The molecule has 5 nitrogen and oxygen atoms in total. The minimum Gasteiger partial charge on any atom is -0.478 e. The molecule has 0 fully saturated rings. The van der Waals surface area contributed by atoms with Crippen LogP contribution in [-0.4, -0.2) is 11.1 Å². The molecule has 1 aromatic carbocycles. The number of hydrogen-bond donors (Lipinski definition) is 2. The summed E-state index contributed by atoms with van der Waals surface area (Å²) >= 11 is 0. The van der Waals surface area contributed by atoms with Crippen LogP contribution in [0.15, 0.2) is 30.0 Å². The Balaban J connectivity index is 2.96. The quantitative estimate of drug-likeness (QED) is 0.770. The fraction of sp³-hybridized carbons (Fsp3) is 0.0833. The fourth-order valence-corrected chi connectivity index (χ4v) is 1.20. The molecule has 0 saturated heterocycles. The van der Waals surface area contributed by atoms with Crippen molar-refractivity contribution in [3.05, 3.63) is 41.1 Å². The molecule has 0 bridgehead atoms. The number of carbonyl (C=O) groups is 1. The lowest BCUT2D eigenvalue weighted by Gasteiger charge is -2.06. The second-order valence-electron chi connectivity index (χ2n) is 3.26. The standard InChI is InChI=1S/C12H9N3O2/c1-8-4-10(12(16)17)2-3-11(8)15-7-9(5-13)6-14/h2-4,7,15H,1H3,(H,16,17). The van der Waals surface area contributed by atoms with Crippen molar-refractivity contribution in [1.82, 2.24) is 0 Å². The van der Waals surface area contributed by atoms with Crippen LogP contribution in [0.1, 0.15) is 15.9 Å². The molecule has 0 atom stereocenters. The third kappa shape index (κ3) is 3.08. The number of nitriles is 2. The van der Waals surface area contributed by atoms with E-state index in [1.807, 2.05) is 0 Å². The van der Waals surface area contributed by atoms with Crippen molar-refractivity contribution in [3.63, 3.8) is 0 Å². The Morgan fingerprint density at radius 1 is 1.41 bits per heavy atom. The van der Waals surface area contributed by atoms with E-state index in [0.717, 1.165) is 5.56 Å². The molecule has 1 aromatic rings. The summed E-state index contributed by atoms with van der Waals surface area (Å²) in [7, 11) is 0. The molecule has 84 valence electrons. The van der Waals surface area contributed by atoms with Gasteiger partial charge in [0.25, 0.3) is 0 Å². The largest absolute Gasteiger partial charge is 0.478 e. The fourth-order valence-electron chi connectivity index (χ4n) is 1.20. The van der Waals surface area contributed by atoms with Crippen LogP contribution in [0.2, 0.25) is 0 Å². The van der Waals surface area contributed by atoms with E-state index in [9.17, 15) is 4.79 Å². The van der Waals surface area contributed by atoms with Crippen molar-refractivity contribution >= 4 is 11.7 Å². The third-order valence-electron chi connectivity index (χ3n) is 2.09. The van der Waals surface area contributed by atoms with Gasteiger partial charge in [0, 0.05) is 11.9 Å². The van der Waals surface area contributed by atoms with Gasteiger partial charge in [-0.15, -0.1) is 0 Å². The third-order valence-corrected chi connectivity index (χ3v) is 2.09. The highest BCUT2D eigenvalue weighted by molar-refractivity contribution is 5.88. The molecule has 0 radical (unpaired) electrons. The summed E-state index contributed by atoms with van der Waals surface area (Å²) < 4.78 is 0. The molecule has 0 saturated carbocycles. The summed E-state index contributed by atoms with van der Waals surface area (Å²) in [6.45, 7) is 1.74. The molecule has 0 aromatic heterocycles. The van der Waals surface area contributed by atoms with Gasteiger partial charge in [0.15, 0.2) is 0 Å². The van der Waals surface area contributed by atoms with Crippen LogP contribution in [0.25, 0.3) is 0 Å². The number of rotatable bonds is 3. The number of carboxylic acids is 1. The van der Waals surface area contributed by atoms with E-state index in [4.69, 9.17) is 15.6 Å². The molecule has 0 aliphatic rings. The number of benzene rings is 1. The molecule has 17 heavy (non-hydrogen) atoms. The normalized spacial score (nSPS) is 8.65. The number of nitrogens with one attached hydrogen (secondary N) is 1. The molecule has 0 aliphatic carbocycles. The van der Waals surface area contributed by atoms with Crippen molar-refractivity contribution in [2.45, 2.75) is 6.92 Å². The highest BCUT2D eigenvalue weighted by Crippen LogP contribution is 2.16. The first-order valence-corrected chi connectivity index (χ1v) is 4.69. The molecule has 0 unspecified atom stereocenters. The van der Waals surface area contributed by atoms with Gasteiger partial charge >= 0.3 is 5.97 Å². The van der Waals surface area contributed by atoms with Crippen LogP contribution in [-0.2, 0) is 0 Å². The van der Waals surface area contributed by atoms with Gasteiger partial charge in [-0.05, 0) is 30.7 Å². The Morgan fingerprint density at radius 3 is 2.53 bits per heavy atom. The van der Waals surface area contributed by atoms with E-state index >= 15 is 0 Å². The van der Waals surface area contributed by atoms with E-state index in [2.05, 4.69) is 5.32 Å². The van der Waals surface area contributed by atoms with Crippen LogP contribution in [0.3, 0.4) is 0 Å². The van der Waals surface area contributed by atoms with Gasteiger partial charge in [-0.25, -0.2) is 4.79 Å². The number of anilines is 1. The maximum absolute atomic E-state index is 10.7. The van der Waals surface area contributed by atoms with E-state index < -0.39 is 5.97 Å². The number of hydrogen-bond acceptors (Lipinski definition) is 4. The first-order valence-electron chi connectivity index (χ1n) is 4.69.